The minimum absolute atomic E-state index is 0. The zero-order valence-electron chi connectivity index (χ0n) is 15.6. The van der Waals surface area contributed by atoms with E-state index < -0.39 is 0 Å². The Bertz CT molecular complexity index is 385. The van der Waals surface area contributed by atoms with Crippen LogP contribution in [0, 0.1) is 11.8 Å². The first-order valence-corrected chi connectivity index (χ1v) is 8.44. The first-order chi connectivity index (χ1) is 10.2. The van der Waals surface area contributed by atoms with E-state index in [0.29, 0.717) is 0 Å². The second kappa shape index (κ2) is 10.4. The zero-order valence-corrected chi connectivity index (χ0v) is 17.9. The Labute approximate surface area is 159 Å². The molecule has 1 aliphatic rings. The normalized spacial score (nSPS) is 22.1. The number of halogens is 1. The Morgan fingerprint density at radius 1 is 1.22 bits per heavy atom. The highest BCUT2D eigenvalue weighted by Crippen LogP contribution is 2.28. The van der Waals surface area contributed by atoms with Gasteiger partial charge in [0, 0.05) is 26.2 Å². The lowest BCUT2D eigenvalue weighted by atomic mass is 9.83. The van der Waals surface area contributed by atoms with Gasteiger partial charge in [0.05, 0.1) is 6.54 Å². The summed E-state index contributed by atoms with van der Waals surface area (Å²) in [6.45, 7) is 9.55. The lowest BCUT2D eigenvalue weighted by Gasteiger charge is -2.31. The van der Waals surface area contributed by atoms with Gasteiger partial charge >= 0.3 is 0 Å². The summed E-state index contributed by atoms with van der Waals surface area (Å²) in [4.78, 5) is 18.3. The molecule has 5 nitrogen and oxygen atoms in total. The molecule has 0 aromatic carbocycles. The molecule has 1 aliphatic carbocycles. The summed E-state index contributed by atoms with van der Waals surface area (Å²) in [5.74, 6) is 2.40. The molecule has 0 radical (unpaired) electrons. The summed E-state index contributed by atoms with van der Waals surface area (Å²) in [6, 6.07) is 0. The molecule has 136 valence electrons. The van der Waals surface area contributed by atoms with Crippen LogP contribution < -0.4 is 10.6 Å². The fraction of sp³-hybridized carbons (Fsp3) is 0.882. The number of hydrogen-bond donors (Lipinski definition) is 2. The van der Waals surface area contributed by atoms with E-state index in [0.717, 1.165) is 24.3 Å². The van der Waals surface area contributed by atoms with Crippen molar-refractivity contribution in [3.63, 3.8) is 0 Å². The minimum Gasteiger partial charge on any atom is -0.350 e. The summed E-state index contributed by atoms with van der Waals surface area (Å²) >= 11 is 0. The van der Waals surface area contributed by atoms with Gasteiger partial charge < -0.3 is 15.5 Å². The maximum Gasteiger partial charge on any atom is 0.239 e. The fourth-order valence-electron chi connectivity index (χ4n) is 2.99. The van der Waals surface area contributed by atoms with Crippen LogP contribution in [0.5, 0.6) is 0 Å². The van der Waals surface area contributed by atoms with Crippen molar-refractivity contribution in [2.24, 2.45) is 16.8 Å². The second-order valence-electron chi connectivity index (χ2n) is 7.71. The summed E-state index contributed by atoms with van der Waals surface area (Å²) in [5, 5.41) is 6.10. The number of rotatable bonds is 4. The Kier molecular flexibility index (Phi) is 10.1. The smallest absolute Gasteiger partial charge is 0.239 e. The van der Waals surface area contributed by atoms with Crippen LogP contribution in [0.2, 0.25) is 0 Å². The summed E-state index contributed by atoms with van der Waals surface area (Å²) in [6.07, 6.45) is 5.26. The molecule has 0 saturated heterocycles. The molecule has 2 N–H and O–H groups in total. The lowest BCUT2D eigenvalue weighted by molar-refractivity contribution is -0.121. The molecule has 1 amide bonds. The minimum atomic E-state index is -0.201. The molecule has 0 atom stereocenters. The summed E-state index contributed by atoms with van der Waals surface area (Å²) in [7, 11) is 3.82. The van der Waals surface area contributed by atoms with Crippen LogP contribution in [0.25, 0.3) is 0 Å². The van der Waals surface area contributed by atoms with Crippen LogP contribution in [0.4, 0.5) is 0 Å². The molecule has 0 heterocycles. The van der Waals surface area contributed by atoms with E-state index >= 15 is 0 Å². The van der Waals surface area contributed by atoms with Crippen LogP contribution in [0.3, 0.4) is 0 Å². The summed E-state index contributed by atoms with van der Waals surface area (Å²) < 4.78 is 0. The van der Waals surface area contributed by atoms with Crippen molar-refractivity contribution in [1.29, 1.82) is 0 Å². The quantitative estimate of drug-likeness (QED) is 0.403. The average molecular weight is 438 g/mol. The predicted molar refractivity (Wildman–Crippen MR) is 108 cm³/mol. The molecule has 0 aromatic heterocycles. The molecular weight excluding hydrogens is 403 g/mol. The Hall–Kier alpha value is -0.530. The van der Waals surface area contributed by atoms with Crippen molar-refractivity contribution in [3.8, 4) is 0 Å². The molecule has 0 spiro atoms. The number of nitrogens with one attached hydrogen (secondary N) is 2. The fourth-order valence-corrected chi connectivity index (χ4v) is 2.99. The van der Waals surface area contributed by atoms with Crippen molar-refractivity contribution in [3.05, 3.63) is 0 Å². The molecule has 1 saturated carbocycles. The van der Waals surface area contributed by atoms with Gasteiger partial charge in [0.2, 0.25) is 5.91 Å². The molecule has 23 heavy (non-hydrogen) atoms. The molecule has 1 rings (SSSR count). The van der Waals surface area contributed by atoms with Gasteiger partial charge in [0.15, 0.2) is 5.96 Å². The van der Waals surface area contributed by atoms with Gasteiger partial charge in [-0.05, 0) is 45.4 Å². The highest BCUT2D eigenvalue weighted by Gasteiger charge is 2.21. The molecule has 0 unspecified atom stereocenters. The van der Waals surface area contributed by atoms with Crippen molar-refractivity contribution in [2.75, 3.05) is 27.2 Å². The summed E-state index contributed by atoms with van der Waals surface area (Å²) in [5.41, 5.74) is -0.201. The van der Waals surface area contributed by atoms with Crippen molar-refractivity contribution in [1.82, 2.24) is 15.5 Å². The van der Waals surface area contributed by atoms with Crippen molar-refractivity contribution < 1.29 is 4.79 Å². The number of amides is 1. The molecule has 1 fully saturated rings. The predicted octanol–water partition coefficient (Wildman–Crippen LogP) is 2.85. The van der Waals surface area contributed by atoms with Crippen molar-refractivity contribution in [2.45, 2.75) is 58.9 Å². The van der Waals surface area contributed by atoms with Gasteiger partial charge in [-0.3, -0.25) is 9.79 Å². The topological polar surface area (TPSA) is 56.7 Å². The monoisotopic (exact) mass is 438 g/mol. The van der Waals surface area contributed by atoms with Crippen LogP contribution >= 0.6 is 24.0 Å². The van der Waals surface area contributed by atoms with Gasteiger partial charge in [-0.25, -0.2) is 0 Å². The number of hydrogen-bond acceptors (Lipinski definition) is 2. The first-order valence-electron chi connectivity index (χ1n) is 8.44. The average Bonchev–Trinajstić information content (AvgIpc) is 2.40. The SMILES string of the molecule is CN=C(NCC(=O)NC(C)(C)C)N(C)CC1CCC(C)CC1.I. The van der Waals surface area contributed by atoms with Gasteiger partial charge in [-0.15, -0.1) is 24.0 Å². The van der Waals surface area contributed by atoms with E-state index in [-0.39, 0.29) is 42.0 Å². The van der Waals surface area contributed by atoms with Gasteiger partial charge in [0.25, 0.3) is 0 Å². The second-order valence-corrected chi connectivity index (χ2v) is 7.71. The number of aliphatic imine (C=N–C) groups is 1. The maximum absolute atomic E-state index is 11.9. The third kappa shape index (κ3) is 9.37. The molecule has 0 aromatic rings. The highest BCUT2D eigenvalue weighted by atomic mass is 127. The number of guanidine groups is 1. The molecular formula is C17H35IN4O. The van der Waals surface area contributed by atoms with Gasteiger partial charge in [-0.2, -0.15) is 0 Å². The number of carbonyl (C=O) groups is 1. The zero-order chi connectivity index (χ0) is 16.8. The third-order valence-corrected chi connectivity index (χ3v) is 4.16. The van der Waals surface area contributed by atoms with Gasteiger partial charge in [0.1, 0.15) is 0 Å². The molecule has 0 aliphatic heterocycles. The number of carbonyl (C=O) groups excluding carboxylic acids is 1. The van der Waals surface area contributed by atoms with Gasteiger partial charge in [-0.1, -0.05) is 19.8 Å². The Morgan fingerprint density at radius 2 is 1.78 bits per heavy atom. The largest absolute Gasteiger partial charge is 0.350 e. The standard InChI is InChI=1S/C17H34N4O.HI/c1-13-7-9-14(10-8-13)12-21(6)16(18-5)19-11-15(22)20-17(2,3)4;/h13-14H,7-12H2,1-6H3,(H,18,19)(H,20,22);1H. The Balaban J connectivity index is 0.00000484. The van der Waals surface area contributed by atoms with Crippen LogP contribution in [-0.2, 0) is 4.79 Å². The van der Waals surface area contributed by atoms with E-state index in [1.54, 1.807) is 7.05 Å². The third-order valence-electron chi connectivity index (χ3n) is 4.16. The Morgan fingerprint density at radius 3 is 2.26 bits per heavy atom. The van der Waals surface area contributed by atoms with E-state index in [4.69, 9.17) is 0 Å². The number of nitrogens with zero attached hydrogens (tertiary/aromatic N) is 2. The highest BCUT2D eigenvalue weighted by molar-refractivity contribution is 14.0. The molecule has 0 bridgehead atoms. The van der Waals surface area contributed by atoms with Crippen molar-refractivity contribution >= 4 is 35.8 Å². The lowest BCUT2D eigenvalue weighted by Crippen LogP contribution is -2.49. The van der Waals surface area contributed by atoms with Crippen LogP contribution in [0.1, 0.15) is 53.4 Å². The van der Waals surface area contributed by atoms with E-state index in [1.165, 1.54) is 25.7 Å². The van der Waals surface area contributed by atoms with E-state index in [2.05, 4.69) is 34.5 Å². The van der Waals surface area contributed by atoms with E-state index in [1.807, 2.05) is 20.8 Å². The first kappa shape index (κ1) is 22.5. The van der Waals surface area contributed by atoms with E-state index in [9.17, 15) is 4.79 Å². The van der Waals surface area contributed by atoms with Crippen LogP contribution in [0.15, 0.2) is 4.99 Å². The molecule has 6 heteroatoms. The maximum atomic E-state index is 11.9. The van der Waals surface area contributed by atoms with Crippen LogP contribution in [-0.4, -0.2) is 49.5 Å².